The van der Waals surface area contributed by atoms with Crippen molar-refractivity contribution >= 4 is 47.3 Å². The minimum absolute atomic E-state index is 0.0199. The molecule has 0 spiro atoms. The Morgan fingerprint density at radius 2 is 1.64 bits per heavy atom. The number of nitrogens with zero attached hydrogens (tertiary/aromatic N) is 2. The van der Waals surface area contributed by atoms with Crippen molar-refractivity contribution in [3.05, 3.63) is 18.2 Å². The van der Waals surface area contributed by atoms with Gasteiger partial charge in [-0.2, -0.15) is 11.8 Å². The SMILES string of the molecule is CSCCC(NC(=O)C(CCC(N)=O)NC(=O)C(Cc1cnc[nH]1)NC(=O)C(N)CCCN=C(N)N)C(=O)O. The van der Waals surface area contributed by atoms with E-state index in [0.29, 0.717) is 17.9 Å². The van der Waals surface area contributed by atoms with E-state index in [0.717, 1.165) is 0 Å². The van der Waals surface area contributed by atoms with Crippen LogP contribution in [0.15, 0.2) is 17.5 Å². The largest absolute Gasteiger partial charge is 0.480 e. The topological polar surface area (TPSA) is 287 Å². The van der Waals surface area contributed by atoms with E-state index in [-0.39, 0.29) is 44.6 Å². The van der Waals surface area contributed by atoms with Crippen LogP contribution < -0.4 is 38.9 Å². The standard InChI is InChI=1S/C22H38N10O6S/c1-39-8-6-15(21(37)38)31-19(35)14(4-5-17(24)33)30-20(36)16(9-12-10-27-11-29-12)32-18(34)13(23)3-2-7-28-22(25)26/h10-11,13-16H,2-9,23H2,1H3,(H2,24,33)(H,27,29)(H,30,36)(H,31,35)(H,32,34)(H,37,38)(H4,25,26,28). The third-order valence-electron chi connectivity index (χ3n) is 5.45. The number of primary amides is 1. The van der Waals surface area contributed by atoms with Crippen LogP contribution in [-0.4, -0.2) is 93.4 Å². The number of carbonyl (C=O) groups is 5. The third kappa shape index (κ3) is 13.5. The summed E-state index contributed by atoms with van der Waals surface area (Å²) in [5.41, 5.74) is 22.2. The van der Waals surface area contributed by atoms with E-state index in [4.69, 9.17) is 22.9 Å². The number of imidazole rings is 1. The van der Waals surface area contributed by atoms with Crippen LogP contribution in [0.5, 0.6) is 0 Å². The summed E-state index contributed by atoms with van der Waals surface area (Å²) in [7, 11) is 0. The van der Waals surface area contributed by atoms with Crippen LogP contribution in [-0.2, 0) is 30.4 Å². The van der Waals surface area contributed by atoms with Gasteiger partial charge in [0.2, 0.25) is 23.6 Å². The van der Waals surface area contributed by atoms with E-state index in [9.17, 15) is 29.1 Å². The van der Waals surface area contributed by atoms with E-state index in [1.54, 1.807) is 6.26 Å². The Labute approximate surface area is 229 Å². The molecular weight excluding hydrogens is 532 g/mol. The van der Waals surface area contributed by atoms with Gasteiger partial charge in [-0.1, -0.05) is 0 Å². The van der Waals surface area contributed by atoms with Gasteiger partial charge in [-0.25, -0.2) is 9.78 Å². The number of H-pyrrole nitrogens is 1. The van der Waals surface area contributed by atoms with Gasteiger partial charge in [-0.3, -0.25) is 24.2 Å². The maximum atomic E-state index is 13.3. The molecule has 1 heterocycles. The van der Waals surface area contributed by atoms with Gasteiger partial charge in [0.25, 0.3) is 0 Å². The van der Waals surface area contributed by atoms with E-state index in [2.05, 4.69) is 30.9 Å². The predicted molar refractivity (Wildman–Crippen MR) is 145 cm³/mol. The molecule has 1 aromatic heterocycles. The van der Waals surface area contributed by atoms with Gasteiger partial charge < -0.3 is 49.0 Å². The number of hydrogen-bond donors (Lipinski definition) is 9. The monoisotopic (exact) mass is 570 g/mol. The van der Waals surface area contributed by atoms with Crippen molar-refractivity contribution in [2.75, 3.05) is 18.6 Å². The van der Waals surface area contributed by atoms with Crippen LogP contribution in [0.2, 0.25) is 0 Å². The summed E-state index contributed by atoms with van der Waals surface area (Å²) in [5, 5.41) is 16.9. The average molecular weight is 571 g/mol. The minimum Gasteiger partial charge on any atom is -0.480 e. The molecule has 17 heteroatoms. The number of aliphatic carboxylic acids is 1. The van der Waals surface area contributed by atoms with Crippen molar-refractivity contribution < 1.29 is 29.1 Å². The lowest BCUT2D eigenvalue weighted by molar-refractivity contribution is -0.142. The zero-order chi connectivity index (χ0) is 29.4. The summed E-state index contributed by atoms with van der Waals surface area (Å²) in [6.07, 6.45) is 4.99. The lowest BCUT2D eigenvalue weighted by Crippen LogP contribution is -2.57. The Kier molecular flexibility index (Phi) is 15.0. The summed E-state index contributed by atoms with van der Waals surface area (Å²) in [6, 6.07) is -4.65. The highest BCUT2D eigenvalue weighted by molar-refractivity contribution is 7.98. The summed E-state index contributed by atoms with van der Waals surface area (Å²) in [5.74, 6) is -3.75. The van der Waals surface area contributed by atoms with Crippen LogP contribution in [0.25, 0.3) is 0 Å². The second kappa shape index (κ2) is 17.6. The normalized spacial score (nSPS) is 13.8. The molecule has 13 N–H and O–H groups in total. The Bertz CT molecular complexity index is 986. The van der Waals surface area contributed by atoms with Crippen molar-refractivity contribution in [3.8, 4) is 0 Å². The molecule has 16 nitrogen and oxygen atoms in total. The molecule has 4 unspecified atom stereocenters. The van der Waals surface area contributed by atoms with Gasteiger partial charge in [-0.15, -0.1) is 0 Å². The molecule has 4 atom stereocenters. The highest BCUT2D eigenvalue weighted by Gasteiger charge is 2.30. The Morgan fingerprint density at radius 1 is 1.00 bits per heavy atom. The first-order valence-electron chi connectivity index (χ1n) is 12.1. The molecule has 1 rings (SSSR count). The second-order valence-electron chi connectivity index (χ2n) is 8.64. The van der Waals surface area contributed by atoms with Gasteiger partial charge in [-0.05, 0) is 37.7 Å². The van der Waals surface area contributed by atoms with Crippen LogP contribution in [0.3, 0.4) is 0 Å². The first-order valence-corrected chi connectivity index (χ1v) is 13.5. The van der Waals surface area contributed by atoms with Crippen molar-refractivity contribution in [3.63, 3.8) is 0 Å². The lowest BCUT2D eigenvalue weighted by atomic mass is 10.1. The van der Waals surface area contributed by atoms with E-state index in [1.807, 2.05) is 0 Å². The number of thioether (sulfide) groups is 1. The number of guanidine groups is 1. The number of carboxylic acid groups (broad SMARTS) is 1. The van der Waals surface area contributed by atoms with Gasteiger partial charge in [0.1, 0.15) is 18.1 Å². The molecule has 0 fully saturated rings. The van der Waals surface area contributed by atoms with E-state index in [1.165, 1.54) is 24.3 Å². The van der Waals surface area contributed by atoms with Crippen LogP contribution >= 0.6 is 11.8 Å². The second-order valence-corrected chi connectivity index (χ2v) is 9.63. The number of aromatic amines is 1. The number of nitrogens with two attached hydrogens (primary N) is 4. The van der Waals surface area contributed by atoms with E-state index >= 15 is 0 Å². The van der Waals surface area contributed by atoms with Crippen LogP contribution in [0.1, 0.15) is 37.8 Å². The number of amides is 4. The maximum Gasteiger partial charge on any atom is 0.326 e. The molecule has 0 bridgehead atoms. The number of hydrogen-bond acceptors (Lipinski definition) is 9. The quantitative estimate of drug-likeness (QED) is 0.0455. The zero-order valence-electron chi connectivity index (χ0n) is 21.7. The summed E-state index contributed by atoms with van der Waals surface area (Å²) < 4.78 is 0. The first-order chi connectivity index (χ1) is 18.4. The van der Waals surface area contributed by atoms with Crippen molar-refractivity contribution in [1.82, 2.24) is 25.9 Å². The van der Waals surface area contributed by atoms with Gasteiger partial charge in [0.15, 0.2) is 5.96 Å². The number of aliphatic imine (C=N–C) groups is 1. The molecule has 0 saturated carbocycles. The van der Waals surface area contributed by atoms with Crippen LogP contribution in [0, 0.1) is 0 Å². The highest BCUT2D eigenvalue weighted by Crippen LogP contribution is 2.06. The van der Waals surface area contributed by atoms with Crippen LogP contribution in [0.4, 0.5) is 0 Å². The maximum absolute atomic E-state index is 13.3. The summed E-state index contributed by atoms with van der Waals surface area (Å²) in [6.45, 7) is 0.270. The predicted octanol–water partition coefficient (Wildman–Crippen LogP) is -3.11. The Hall–Kier alpha value is -3.86. The zero-order valence-corrected chi connectivity index (χ0v) is 22.5. The molecule has 1 aromatic rings. The molecule has 0 saturated heterocycles. The smallest absolute Gasteiger partial charge is 0.326 e. The Morgan fingerprint density at radius 3 is 2.21 bits per heavy atom. The number of carboxylic acids is 1. The number of aromatic nitrogens is 2. The minimum atomic E-state index is -1.30. The lowest BCUT2D eigenvalue weighted by Gasteiger charge is -2.25. The molecular formula is C22H38N10O6S. The molecule has 39 heavy (non-hydrogen) atoms. The molecule has 218 valence electrons. The third-order valence-corrected chi connectivity index (χ3v) is 6.10. The molecule has 0 radical (unpaired) electrons. The van der Waals surface area contributed by atoms with Crippen molar-refractivity contribution in [2.45, 2.75) is 62.7 Å². The highest BCUT2D eigenvalue weighted by atomic mass is 32.2. The fourth-order valence-corrected chi connectivity index (χ4v) is 3.82. The van der Waals surface area contributed by atoms with Crippen molar-refractivity contribution in [1.29, 1.82) is 0 Å². The molecule has 0 aliphatic heterocycles. The summed E-state index contributed by atoms with van der Waals surface area (Å²) in [4.78, 5) is 72.4. The molecule has 0 aromatic carbocycles. The van der Waals surface area contributed by atoms with Crippen molar-refractivity contribution in [2.24, 2.45) is 27.9 Å². The molecule has 0 aliphatic carbocycles. The fourth-order valence-electron chi connectivity index (χ4n) is 3.35. The van der Waals surface area contributed by atoms with Gasteiger partial charge >= 0.3 is 5.97 Å². The van der Waals surface area contributed by atoms with Gasteiger partial charge in [0, 0.05) is 31.3 Å². The van der Waals surface area contributed by atoms with Gasteiger partial charge in [0.05, 0.1) is 12.4 Å². The number of nitrogens with one attached hydrogen (secondary N) is 4. The fraction of sp³-hybridized carbons (Fsp3) is 0.591. The number of carbonyl (C=O) groups excluding carboxylic acids is 4. The molecule has 4 amide bonds. The Balaban J connectivity index is 3.01. The number of rotatable bonds is 19. The summed E-state index contributed by atoms with van der Waals surface area (Å²) >= 11 is 1.41. The first kappa shape index (κ1) is 33.2. The average Bonchev–Trinajstić information content (AvgIpc) is 3.38. The molecule has 0 aliphatic rings. The van der Waals surface area contributed by atoms with E-state index < -0.39 is 53.8 Å².